The molecule has 0 atom stereocenters. The van der Waals surface area contributed by atoms with Crippen molar-refractivity contribution >= 4 is 5.78 Å². The second kappa shape index (κ2) is 7.28. The fraction of sp³-hybridized carbons (Fsp3) is 0.938. The van der Waals surface area contributed by atoms with E-state index >= 15 is 0 Å². The quantitative estimate of drug-likeness (QED) is 0.674. The van der Waals surface area contributed by atoms with Crippen molar-refractivity contribution in [1.29, 1.82) is 0 Å². The Morgan fingerprint density at radius 3 is 2.28 bits per heavy atom. The van der Waals surface area contributed by atoms with Gasteiger partial charge in [0.1, 0.15) is 5.60 Å². The molecule has 0 bridgehead atoms. The summed E-state index contributed by atoms with van der Waals surface area (Å²) in [4.78, 5) is 12.4. The summed E-state index contributed by atoms with van der Waals surface area (Å²) in [5.74, 6) is 1.86. The molecule has 1 aliphatic carbocycles. The molecule has 1 fully saturated rings. The van der Waals surface area contributed by atoms with Crippen LogP contribution in [0.2, 0.25) is 0 Å². The number of carbonyl (C=O) groups is 1. The van der Waals surface area contributed by atoms with Gasteiger partial charge in [-0.15, -0.1) is 0 Å². The molecule has 0 amide bonds. The van der Waals surface area contributed by atoms with Crippen molar-refractivity contribution in [3.63, 3.8) is 0 Å². The maximum atomic E-state index is 12.4. The third-order valence-corrected chi connectivity index (χ3v) is 4.35. The average molecular weight is 254 g/mol. The number of carbonyl (C=O) groups excluding carboxylic acids is 1. The van der Waals surface area contributed by atoms with Crippen LogP contribution in [0.25, 0.3) is 0 Å². The van der Waals surface area contributed by atoms with Gasteiger partial charge in [0.05, 0.1) is 0 Å². The van der Waals surface area contributed by atoms with Crippen LogP contribution in [0, 0.1) is 11.8 Å². The van der Waals surface area contributed by atoms with Gasteiger partial charge in [-0.3, -0.25) is 4.79 Å². The Hall–Kier alpha value is -0.370. The van der Waals surface area contributed by atoms with Gasteiger partial charge >= 0.3 is 0 Å². The molecule has 0 unspecified atom stereocenters. The molecule has 0 aromatic rings. The number of hydrogen-bond acceptors (Lipinski definition) is 2. The van der Waals surface area contributed by atoms with Gasteiger partial charge in [-0.25, -0.2) is 0 Å². The predicted molar refractivity (Wildman–Crippen MR) is 75.7 cm³/mol. The van der Waals surface area contributed by atoms with E-state index in [1.54, 1.807) is 0 Å². The molecular formula is C16H30O2. The molecule has 18 heavy (non-hydrogen) atoms. The fourth-order valence-corrected chi connectivity index (χ4v) is 3.03. The second-order valence-electron chi connectivity index (χ2n) is 6.10. The summed E-state index contributed by atoms with van der Waals surface area (Å²) >= 11 is 0. The van der Waals surface area contributed by atoms with Crippen molar-refractivity contribution in [2.45, 2.75) is 78.2 Å². The van der Waals surface area contributed by atoms with Gasteiger partial charge in [0, 0.05) is 13.0 Å². The fourth-order valence-electron chi connectivity index (χ4n) is 3.03. The van der Waals surface area contributed by atoms with E-state index in [4.69, 9.17) is 4.74 Å². The lowest BCUT2D eigenvalue weighted by atomic mass is 9.72. The third-order valence-electron chi connectivity index (χ3n) is 4.35. The molecule has 0 aromatic heterocycles. The molecule has 0 heterocycles. The van der Waals surface area contributed by atoms with Crippen molar-refractivity contribution in [1.82, 2.24) is 0 Å². The maximum absolute atomic E-state index is 12.4. The van der Waals surface area contributed by atoms with Crippen LogP contribution in [-0.4, -0.2) is 18.0 Å². The zero-order valence-corrected chi connectivity index (χ0v) is 12.6. The minimum atomic E-state index is -0.433. The Morgan fingerprint density at radius 1 is 1.22 bits per heavy atom. The molecule has 2 nitrogen and oxygen atoms in total. The molecule has 1 saturated carbocycles. The van der Waals surface area contributed by atoms with Gasteiger partial charge in [-0.05, 0) is 50.4 Å². The highest BCUT2D eigenvalue weighted by atomic mass is 16.5. The predicted octanol–water partition coefficient (Wildman–Crippen LogP) is 4.37. The van der Waals surface area contributed by atoms with Gasteiger partial charge in [-0.1, -0.05) is 27.7 Å². The molecular weight excluding hydrogens is 224 g/mol. The van der Waals surface area contributed by atoms with Gasteiger partial charge in [0.25, 0.3) is 0 Å². The van der Waals surface area contributed by atoms with E-state index in [1.807, 2.05) is 0 Å². The highest BCUT2D eigenvalue weighted by molar-refractivity contribution is 5.87. The van der Waals surface area contributed by atoms with Crippen LogP contribution in [0.3, 0.4) is 0 Å². The summed E-state index contributed by atoms with van der Waals surface area (Å²) in [6, 6.07) is 0. The molecule has 1 aliphatic rings. The first-order valence-corrected chi connectivity index (χ1v) is 7.73. The number of rotatable bonds is 7. The molecule has 106 valence electrons. The van der Waals surface area contributed by atoms with Gasteiger partial charge in [-0.2, -0.15) is 0 Å². The number of ketones is 1. The minimum absolute atomic E-state index is 0.348. The first kappa shape index (κ1) is 15.7. The summed E-state index contributed by atoms with van der Waals surface area (Å²) in [7, 11) is 0. The van der Waals surface area contributed by atoms with E-state index in [-0.39, 0.29) is 0 Å². The van der Waals surface area contributed by atoms with Crippen LogP contribution in [0.5, 0.6) is 0 Å². The molecule has 0 N–H and O–H groups in total. The standard InChI is InChI=1S/C16H30O2/c1-5-7-15(17)16(18-12-6-2)10-8-14(9-11-16)13(3)4/h13-14H,5-12H2,1-4H3. The zero-order chi connectivity index (χ0) is 13.6. The third kappa shape index (κ3) is 3.81. The lowest BCUT2D eigenvalue weighted by Gasteiger charge is -2.40. The van der Waals surface area contributed by atoms with Crippen LogP contribution < -0.4 is 0 Å². The Balaban J connectivity index is 2.66. The van der Waals surface area contributed by atoms with Crippen molar-refractivity contribution in [2.24, 2.45) is 11.8 Å². The minimum Gasteiger partial charge on any atom is -0.367 e. The number of hydrogen-bond donors (Lipinski definition) is 0. The SMILES string of the molecule is CCCOC1(C(=O)CCC)CCC(C(C)C)CC1. The Labute approximate surface area is 112 Å². The van der Waals surface area contributed by atoms with Gasteiger partial charge in [0.2, 0.25) is 0 Å². The van der Waals surface area contributed by atoms with E-state index in [2.05, 4.69) is 27.7 Å². The van der Waals surface area contributed by atoms with E-state index in [9.17, 15) is 4.79 Å². The smallest absolute Gasteiger partial charge is 0.164 e. The van der Waals surface area contributed by atoms with Crippen LogP contribution in [0.15, 0.2) is 0 Å². The normalized spacial score (nSPS) is 28.6. The van der Waals surface area contributed by atoms with Gasteiger partial charge < -0.3 is 4.74 Å². The van der Waals surface area contributed by atoms with E-state index < -0.39 is 5.60 Å². The largest absolute Gasteiger partial charge is 0.367 e. The highest BCUT2D eigenvalue weighted by Crippen LogP contribution is 2.39. The average Bonchev–Trinajstić information content (AvgIpc) is 2.37. The lowest BCUT2D eigenvalue weighted by Crippen LogP contribution is -2.45. The maximum Gasteiger partial charge on any atom is 0.164 e. The first-order chi connectivity index (χ1) is 8.55. The van der Waals surface area contributed by atoms with E-state index in [0.29, 0.717) is 12.2 Å². The molecule has 2 heteroatoms. The summed E-state index contributed by atoms with van der Waals surface area (Å²) < 4.78 is 6.01. The number of ether oxygens (including phenoxy) is 1. The van der Waals surface area contributed by atoms with Crippen molar-refractivity contribution in [3.8, 4) is 0 Å². The monoisotopic (exact) mass is 254 g/mol. The van der Waals surface area contributed by atoms with E-state index in [0.717, 1.165) is 57.0 Å². The lowest BCUT2D eigenvalue weighted by molar-refractivity contribution is -0.152. The summed E-state index contributed by atoms with van der Waals surface area (Å²) in [6.45, 7) is 9.49. The van der Waals surface area contributed by atoms with E-state index in [1.165, 1.54) is 0 Å². The molecule has 0 radical (unpaired) electrons. The van der Waals surface area contributed by atoms with Crippen LogP contribution in [0.4, 0.5) is 0 Å². The van der Waals surface area contributed by atoms with Crippen molar-refractivity contribution < 1.29 is 9.53 Å². The first-order valence-electron chi connectivity index (χ1n) is 7.73. The summed E-state index contributed by atoms with van der Waals surface area (Å²) in [6.07, 6.45) is 6.78. The molecule has 0 saturated heterocycles. The van der Waals surface area contributed by atoms with Crippen molar-refractivity contribution in [2.75, 3.05) is 6.61 Å². The molecule has 0 aliphatic heterocycles. The topological polar surface area (TPSA) is 26.3 Å². The highest BCUT2D eigenvalue weighted by Gasteiger charge is 2.42. The Morgan fingerprint density at radius 2 is 1.83 bits per heavy atom. The van der Waals surface area contributed by atoms with Crippen molar-refractivity contribution in [3.05, 3.63) is 0 Å². The van der Waals surface area contributed by atoms with Crippen LogP contribution >= 0.6 is 0 Å². The Bertz CT molecular complexity index is 250. The summed E-state index contributed by atoms with van der Waals surface area (Å²) in [5, 5.41) is 0. The summed E-state index contributed by atoms with van der Waals surface area (Å²) in [5.41, 5.74) is -0.433. The van der Waals surface area contributed by atoms with Crippen LogP contribution in [0.1, 0.15) is 72.6 Å². The zero-order valence-electron chi connectivity index (χ0n) is 12.6. The van der Waals surface area contributed by atoms with Crippen LogP contribution in [-0.2, 0) is 9.53 Å². The molecule has 0 aromatic carbocycles. The number of Topliss-reactive ketones (excluding diaryl/α,β-unsaturated/α-hetero) is 1. The molecule has 1 rings (SSSR count). The van der Waals surface area contributed by atoms with Gasteiger partial charge in [0.15, 0.2) is 5.78 Å². The second-order valence-corrected chi connectivity index (χ2v) is 6.10. The Kier molecular flexibility index (Phi) is 6.34. The molecule has 0 spiro atoms.